The molecule has 0 radical (unpaired) electrons. The average molecular weight is 1090 g/mol. The largest absolute Gasteiger partial charge is 0.453 e. The predicted octanol–water partition coefficient (Wildman–Crippen LogP) is 17.0. The fraction of sp³-hybridized carbons (Fsp3) is 0. The highest BCUT2D eigenvalue weighted by Crippen LogP contribution is 2.74. The molecule has 0 saturated carbocycles. The molecule has 0 amide bonds. The molecule has 0 spiro atoms. The van der Waals surface area contributed by atoms with E-state index in [1.165, 1.54) is 0 Å². The molecule has 0 N–H and O–H groups in total. The summed E-state index contributed by atoms with van der Waals surface area (Å²) < 4.78 is 50.6. The van der Waals surface area contributed by atoms with Crippen LogP contribution in [0.1, 0.15) is 0 Å². The lowest BCUT2D eigenvalue weighted by molar-refractivity contribution is 0.477. The van der Waals surface area contributed by atoms with Gasteiger partial charge in [0.25, 0.3) is 0 Å². The Balaban J connectivity index is 1.01. The number of hydrogen-bond acceptors (Lipinski definition) is 10. The summed E-state index contributed by atoms with van der Waals surface area (Å²) >= 11 is 0. The highest BCUT2D eigenvalue weighted by molar-refractivity contribution is 7.88. The van der Waals surface area contributed by atoms with Crippen LogP contribution in [0.5, 0.6) is 23.0 Å². The van der Waals surface area contributed by atoms with Gasteiger partial charge in [-0.2, -0.15) is 0 Å². The van der Waals surface area contributed by atoms with Crippen LogP contribution in [0.4, 0.5) is 102 Å². The van der Waals surface area contributed by atoms with E-state index in [0.717, 1.165) is 156 Å². The smallest absolute Gasteiger partial charge is 0.183 e. The summed E-state index contributed by atoms with van der Waals surface area (Å²) in [5, 5.41) is 6.21. The van der Waals surface area contributed by atoms with Gasteiger partial charge < -0.3 is 48.0 Å². The van der Waals surface area contributed by atoms with Crippen LogP contribution in [-0.2, 0) is 9.13 Å². The molecule has 82 heavy (non-hydrogen) atoms. The van der Waals surface area contributed by atoms with E-state index in [1.807, 2.05) is 72.8 Å². The second kappa shape index (κ2) is 15.0. The molecular formula is C70H40N6O4P2. The molecule has 0 fully saturated rings. The Morgan fingerprint density at radius 3 is 0.927 bits per heavy atom. The Bertz CT molecular complexity index is 4740. The van der Waals surface area contributed by atoms with E-state index in [0.29, 0.717) is 11.5 Å². The molecule has 0 saturated heterocycles. The molecule has 2 atom stereocenters. The Kier molecular flexibility index (Phi) is 7.95. The van der Waals surface area contributed by atoms with Crippen LogP contribution in [0.2, 0.25) is 0 Å². The van der Waals surface area contributed by atoms with E-state index in [2.05, 4.69) is 199 Å². The first-order valence-corrected chi connectivity index (χ1v) is 31.0. The van der Waals surface area contributed by atoms with Gasteiger partial charge in [0.05, 0.1) is 100 Å². The number of rotatable bonds is 4. The van der Waals surface area contributed by atoms with Crippen molar-refractivity contribution in [2.75, 3.05) is 29.4 Å². The minimum Gasteiger partial charge on any atom is -0.453 e. The maximum atomic E-state index is 18.4. The van der Waals surface area contributed by atoms with Gasteiger partial charge in [-0.3, -0.25) is 0 Å². The van der Waals surface area contributed by atoms with Crippen molar-refractivity contribution >= 4 is 159 Å². The minimum absolute atomic E-state index is 0.645. The van der Waals surface area contributed by atoms with Crippen LogP contribution < -0.4 is 70.7 Å². The first-order chi connectivity index (χ1) is 40.5. The summed E-state index contributed by atoms with van der Waals surface area (Å²) in [5.41, 5.74) is 15.1. The number of anilines is 18. The molecule has 12 aromatic rings. The van der Waals surface area contributed by atoms with Crippen LogP contribution in [0.3, 0.4) is 0 Å². The molecule has 12 heteroatoms. The third-order valence-corrected chi connectivity index (χ3v) is 24.3. The van der Waals surface area contributed by atoms with Gasteiger partial charge in [0.2, 0.25) is 0 Å². The van der Waals surface area contributed by atoms with Crippen molar-refractivity contribution in [2.45, 2.75) is 0 Å². The van der Waals surface area contributed by atoms with E-state index < -0.39 is 14.3 Å². The molecule has 2 unspecified atom stereocenters. The van der Waals surface area contributed by atoms with E-state index in [4.69, 9.17) is 9.47 Å². The number of para-hydroxylation sites is 8. The van der Waals surface area contributed by atoms with Crippen LogP contribution in [-0.4, -0.2) is 0 Å². The quantitative estimate of drug-likeness (QED) is 0.159. The van der Waals surface area contributed by atoms with Gasteiger partial charge in [0.1, 0.15) is 11.4 Å². The van der Waals surface area contributed by atoms with Gasteiger partial charge in [0, 0.05) is 33.5 Å². The molecule has 0 aromatic heterocycles. The third kappa shape index (κ3) is 4.96. The van der Waals surface area contributed by atoms with Crippen molar-refractivity contribution in [3.05, 3.63) is 243 Å². The summed E-state index contributed by atoms with van der Waals surface area (Å²) in [5.74, 6) is 2.75. The number of benzene rings is 12. The van der Waals surface area contributed by atoms with Gasteiger partial charge in [-0.1, -0.05) is 109 Å². The Hall–Kier alpha value is -10.2. The zero-order valence-corrected chi connectivity index (χ0v) is 45.1. The second-order valence-electron chi connectivity index (χ2n) is 21.8. The van der Waals surface area contributed by atoms with E-state index in [-0.39, 0.29) is 0 Å². The fourth-order valence-corrected chi connectivity index (χ4v) is 22.3. The Morgan fingerprint density at radius 1 is 0.232 bits per heavy atom. The normalized spacial score (nSPS) is 18.2. The first kappa shape index (κ1) is 43.6. The van der Waals surface area contributed by atoms with Gasteiger partial charge in [-0.15, -0.1) is 0 Å². The van der Waals surface area contributed by atoms with E-state index in [9.17, 15) is 0 Å². The summed E-state index contributed by atoms with van der Waals surface area (Å²) in [7, 11) is -7.84. The van der Waals surface area contributed by atoms with Crippen molar-refractivity contribution in [1.29, 1.82) is 0 Å². The molecule has 10 nitrogen and oxygen atoms in total. The second-order valence-corrected chi connectivity index (χ2v) is 27.0. The van der Waals surface area contributed by atoms with Gasteiger partial charge in [-0.05, 0) is 133 Å². The fourth-order valence-electron chi connectivity index (χ4n) is 15.0. The van der Waals surface area contributed by atoms with Gasteiger partial charge in [0.15, 0.2) is 37.3 Å². The molecule has 20 rings (SSSR count). The van der Waals surface area contributed by atoms with Crippen LogP contribution in [0, 0.1) is 0 Å². The molecular weight excluding hydrogens is 1050 g/mol. The van der Waals surface area contributed by atoms with Crippen LogP contribution in [0.15, 0.2) is 243 Å². The lowest BCUT2D eigenvalue weighted by Crippen LogP contribution is -2.49. The highest BCUT2D eigenvalue weighted by Gasteiger charge is 2.60. The molecule has 12 aromatic carbocycles. The number of hydrogen-bond donors (Lipinski definition) is 0. The number of nitrogens with zero attached hydrogens (tertiary/aromatic N) is 6. The SMILES string of the molecule is O=P12c3c4cccc3N(c3ccccc3)c3c1c(cc1c5c6c(cc31)N(c1ccccc1)c1ccc3c7c1P6(=O)c1c(cccc1N5c1ccccc1)N7c1ccccc1O3)N(c1ccccc1)c1ccc3c(c12)N4c1ccccc1O3. The standard InChI is InChI=1S/C70H40N6O4P2/c77-81-65-49-29-17-31-51(65)75-47-27-13-15-33-57(47)79-59-37-35-53(67(81)63(59)75)71(41-19-5-1-6-20-41)55-39-45-46(61(69(55)81)73(49)43-23-9-3-10-24-43)40-56-70-62(45)74(44-25-11-4-12-26-44)50-30-18-32-52-66(50)82(70,78)68-54(72(56)42-21-7-2-8-22-42)36-38-60-64(68)76(52)48-28-14-16-34-58(48)80-60/h1-40H. The lowest BCUT2D eigenvalue weighted by atomic mass is 9.97. The lowest BCUT2D eigenvalue weighted by Gasteiger charge is -2.52. The molecule has 384 valence electrons. The Labute approximate surface area is 470 Å². The topological polar surface area (TPSA) is 72.0 Å². The molecule has 8 heterocycles. The maximum absolute atomic E-state index is 18.4. The number of fused-ring (bicyclic) bond motifs is 9. The predicted molar refractivity (Wildman–Crippen MR) is 332 cm³/mol. The molecule has 0 aliphatic carbocycles. The molecule has 8 aliphatic heterocycles. The monoisotopic (exact) mass is 1090 g/mol. The summed E-state index contributed by atoms with van der Waals surface area (Å²) in [6.45, 7) is 0. The van der Waals surface area contributed by atoms with Crippen molar-refractivity contribution in [1.82, 2.24) is 0 Å². The zero-order valence-electron chi connectivity index (χ0n) is 43.3. The first-order valence-electron chi connectivity index (χ1n) is 27.6. The zero-order chi connectivity index (χ0) is 53.5. The average Bonchev–Trinajstić information content (AvgIpc) is 0.679. The van der Waals surface area contributed by atoms with Crippen molar-refractivity contribution in [3.8, 4) is 23.0 Å². The maximum Gasteiger partial charge on any atom is 0.183 e. The summed E-state index contributed by atoms with van der Waals surface area (Å²) in [6.07, 6.45) is 0. The highest BCUT2D eigenvalue weighted by atomic mass is 31.2. The van der Waals surface area contributed by atoms with Crippen LogP contribution in [0.25, 0.3) is 10.8 Å². The van der Waals surface area contributed by atoms with Gasteiger partial charge >= 0.3 is 0 Å². The van der Waals surface area contributed by atoms with Crippen LogP contribution >= 0.6 is 14.3 Å². The molecule has 8 aliphatic rings. The van der Waals surface area contributed by atoms with Crippen molar-refractivity contribution in [3.63, 3.8) is 0 Å². The minimum atomic E-state index is -3.92. The van der Waals surface area contributed by atoms with E-state index in [1.54, 1.807) is 0 Å². The van der Waals surface area contributed by atoms with Crippen molar-refractivity contribution in [2.24, 2.45) is 0 Å². The Morgan fingerprint density at radius 2 is 0.537 bits per heavy atom. The third-order valence-electron chi connectivity index (χ3n) is 17.9. The van der Waals surface area contributed by atoms with E-state index >= 15 is 9.13 Å². The molecule has 0 bridgehead atoms. The number of ether oxygens (including phenoxy) is 2. The van der Waals surface area contributed by atoms with Crippen molar-refractivity contribution < 1.29 is 18.6 Å². The summed E-state index contributed by atoms with van der Waals surface area (Å²) in [4.78, 5) is 13.9. The summed E-state index contributed by atoms with van der Waals surface area (Å²) in [6, 6.07) is 83.8. The van der Waals surface area contributed by atoms with Gasteiger partial charge in [-0.25, -0.2) is 0 Å².